The molecule has 2 aromatic rings. The molecule has 0 amide bonds. The minimum Gasteiger partial charge on any atom is -0.242 e. The minimum absolute atomic E-state index is 0.807. The molecule has 52 valence electrons. The third kappa shape index (κ3) is 1.16. The Balaban J connectivity index is 2.82. The van der Waals surface area contributed by atoms with Crippen LogP contribution in [0.2, 0.25) is 0 Å². The molecule has 0 bridgehead atoms. The maximum Gasteiger partial charge on any atom is 0.113 e. The zero-order chi connectivity index (χ0) is 7.84. The molecule has 2 rings (SSSR count). The van der Waals surface area contributed by atoms with Crippen molar-refractivity contribution in [1.29, 1.82) is 0 Å². The zero-order valence-electron chi connectivity index (χ0n) is 6.16. The predicted molar refractivity (Wildman–Crippen MR) is 49.7 cm³/mol. The molecular weight excluding hydrogens is 153 g/mol. The molecule has 0 fully saturated rings. The van der Waals surface area contributed by atoms with Crippen molar-refractivity contribution in [2.24, 2.45) is 0 Å². The summed E-state index contributed by atoms with van der Waals surface area (Å²) < 4.78 is 1.17. The Labute approximate surface area is 70.5 Å². The Morgan fingerprint density at radius 1 is 1.45 bits per heavy atom. The lowest BCUT2D eigenvalue weighted by Crippen LogP contribution is -1.98. The quantitative estimate of drug-likeness (QED) is 0.529. The predicted octanol–water partition coefficient (Wildman–Crippen LogP) is 1.40. The number of aromatic nitrogens is 1. The molecule has 2 radical (unpaired) electrons. The van der Waals surface area contributed by atoms with Gasteiger partial charge in [-0.25, -0.2) is 4.98 Å². The van der Waals surface area contributed by atoms with Gasteiger partial charge in [-0.1, -0.05) is 11.5 Å². The maximum atomic E-state index is 5.61. The molecule has 1 aromatic heterocycles. The van der Waals surface area contributed by atoms with Gasteiger partial charge in [0.15, 0.2) is 0 Å². The molecule has 11 heavy (non-hydrogen) atoms. The van der Waals surface area contributed by atoms with Crippen molar-refractivity contribution in [2.45, 2.75) is 6.92 Å². The summed E-state index contributed by atoms with van der Waals surface area (Å²) >= 11 is 1.68. The van der Waals surface area contributed by atoms with Gasteiger partial charge >= 0.3 is 0 Å². The van der Waals surface area contributed by atoms with Crippen LogP contribution in [0.25, 0.3) is 10.2 Å². The lowest BCUT2D eigenvalue weighted by atomic mass is 9.97. The molecule has 0 unspecified atom stereocenters. The van der Waals surface area contributed by atoms with Crippen LogP contribution in [-0.2, 0) is 0 Å². The molecule has 1 aromatic carbocycles. The van der Waals surface area contributed by atoms with Crippen molar-refractivity contribution in [3.05, 3.63) is 23.2 Å². The molecular formula is C8H6BNS. The molecule has 0 spiro atoms. The summed E-state index contributed by atoms with van der Waals surface area (Å²) in [6.45, 7) is 2.00. The van der Waals surface area contributed by atoms with Crippen molar-refractivity contribution in [2.75, 3.05) is 0 Å². The van der Waals surface area contributed by atoms with Crippen molar-refractivity contribution < 1.29 is 0 Å². The minimum atomic E-state index is 0.807. The number of nitrogens with zero attached hydrogens (tertiary/aromatic N) is 1. The van der Waals surface area contributed by atoms with E-state index in [1.165, 1.54) is 4.70 Å². The lowest BCUT2D eigenvalue weighted by Gasteiger charge is -1.88. The van der Waals surface area contributed by atoms with Crippen LogP contribution in [0.5, 0.6) is 0 Å². The third-order valence-corrected chi connectivity index (χ3v) is 2.45. The number of hydrogen-bond donors (Lipinski definition) is 0. The van der Waals surface area contributed by atoms with E-state index in [4.69, 9.17) is 7.85 Å². The van der Waals surface area contributed by atoms with Gasteiger partial charge in [-0.3, -0.25) is 0 Å². The van der Waals surface area contributed by atoms with Crippen LogP contribution >= 0.6 is 11.3 Å². The highest BCUT2D eigenvalue weighted by molar-refractivity contribution is 7.18. The van der Waals surface area contributed by atoms with Crippen LogP contribution in [0.1, 0.15) is 5.01 Å². The molecule has 1 nitrogen and oxygen atoms in total. The molecule has 0 N–H and O–H groups in total. The van der Waals surface area contributed by atoms with Gasteiger partial charge in [0.1, 0.15) is 7.85 Å². The average Bonchev–Trinajstić information content (AvgIpc) is 2.27. The molecule has 0 atom stereocenters. The summed E-state index contributed by atoms with van der Waals surface area (Å²) in [6, 6.07) is 5.79. The first-order valence-corrected chi connectivity index (χ1v) is 4.20. The van der Waals surface area contributed by atoms with Crippen LogP contribution in [-0.4, -0.2) is 12.8 Å². The van der Waals surface area contributed by atoms with Crippen LogP contribution < -0.4 is 5.46 Å². The van der Waals surface area contributed by atoms with Crippen molar-refractivity contribution in [1.82, 2.24) is 4.98 Å². The summed E-state index contributed by atoms with van der Waals surface area (Å²) in [4.78, 5) is 4.32. The van der Waals surface area contributed by atoms with Crippen LogP contribution in [0.4, 0.5) is 0 Å². The standard InChI is InChI=1S/C8H6BNS/c1-5-10-7-3-2-6(9)4-8(7)11-5/h2-4H,1H3. The molecule has 0 aliphatic heterocycles. The SMILES string of the molecule is [B]c1ccc2nc(C)sc2c1. The molecule has 0 saturated carbocycles. The van der Waals surface area contributed by atoms with Crippen molar-refractivity contribution >= 4 is 34.9 Å². The fourth-order valence-electron chi connectivity index (χ4n) is 1.06. The van der Waals surface area contributed by atoms with E-state index in [0.29, 0.717) is 0 Å². The van der Waals surface area contributed by atoms with Crippen molar-refractivity contribution in [3.8, 4) is 0 Å². The first-order chi connectivity index (χ1) is 5.25. The number of benzene rings is 1. The summed E-state index contributed by atoms with van der Waals surface area (Å²) in [7, 11) is 5.61. The van der Waals surface area contributed by atoms with Gasteiger partial charge in [-0.15, -0.1) is 11.3 Å². The van der Waals surface area contributed by atoms with Crippen LogP contribution in [0.3, 0.4) is 0 Å². The Hall–Kier alpha value is -0.825. The highest BCUT2D eigenvalue weighted by atomic mass is 32.1. The molecule has 1 heterocycles. The van der Waals surface area contributed by atoms with Gasteiger partial charge in [0, 0.05) is 0 Å². The smallest absolute Gasteiger partial charge is 0.113 e. The summed E-state index contributed by atoms with van der Waals surface area (Å²) in [5.74, 6) is 0. The zero-order valence-corrected chi connectivity index (χ0v) is 6.98. The van der Waals surface area contributed by atoms with E-state index in [0.717, 1.165) is 16.0 Å². The van der Waals surface area contributed by atoms with Gasteiger partial charge < -0.3 is 0 Å². The largest absolute Gasteiger partial charge is 0.242 e. The number of rotatable bonds is 0. The Bertz CT molecular complexity index is 394. The maximum absolute atomic E-state index is 5.61. The van der Waals surface area contributed by atoms with Gasteiger partial charge in [0.2, 0.25) is 0 Å². The Morgan fingerprint density at radius 2 is 2.27 bits per heavy atom. The second-order valence-corrected chi connectivity index (χ2v) is 3.69. The van der Waals surface area contributed by atoms with E-state index in [2.05, 4.69) is 4.98 Å². The third-order valence-electron chi connectivity index (χ3n) is 1.52. The van der Waals surface area contributed by atoms with Gasteiger partial charge in [0.25, 0.3) is 0 Å². The first-order valence-electron chi connectivity index (χ1n) is 3.38. The second-order valence-electron chi connectivity index (χ2n) is 2.46. The molecule has 0 aliphatic rings. The van der Waals surface area contributed by atoms with Crippen LogP contribution in [0, 0.1) is 6.92 Å². The Kier molecular flexibility index (Phi) is 1.46. The number of hydrogen-bond acceptors (Lipinski definition) is 2. The summed E-state index contributed by atoms with van der Waals surface area (Å²) in [5, 5.41) is 1.09. The number of fused-ring (bicyclic) bond motifs is 1. The van der Waals surface area contributed by atoms with Gasteiger partial charge in [-0.2, -0.15) is 0 Å². The highest BCUT2D eigenvalue weighted by Crippen LogP contribution is 2.19. The fourth-order valence-corrected chi connectivity index (χ4v) is 1.93. The van der Waals surface area contributed by atoms with E-state index in [9.17, 15) is 0 Å². The monoisotopic (exact) mass is 159 g/mol. The number of thiazole rings is 1. The summed E-state index contributed by atoms with van der Waals surface area (Å²) in [5.41, 5.74) is 1.85. The van der Waals surface area contributed by atoms with E-state index in [-0.39, 0.29) is 0 Å². The van der Waals surface area contributed by atoms with E-state index >= 15 is 0 Å². The van der Waals surface area contributed by atoms with Crippen LogP contribution in [0.15, 0.2) is 18.2 Å². The highest BCUT2D eigenvalue weighted by Gasteiger charge is 1.97. The fraction of sp³-hybridized carbons (Fsp3) is 0.125. The lowest BCUT2D eigenvalue weighted by molar-refractivity contribution is 1.35. The normalized spacial score (nSPS) is 10.6. The van der Waals surface area contributed by atoms with E-state index in [1.807, 2.05) is 25.1 Å². The van der Waals surface area contributed by atoms with E-state index < -0.39 is 0 Å². The van der Waals surface area contributed by atoms with Gasteiger partial charge in [0.05, 0.1) is 15.2 Å². The topological polar surface area (TPSA) is 12.9 Å². The number of aryl methyl sites for hydroxylation is 1. The first kappa shape index (κ1) is 6.86. The Morgan fingerprint density at radius 3 is 3.09 bits per heavy atom. The molecule has 0 aliphatic carbocycles. The average molecular weight is 159 g/mol. The molecule has 0 saturated heterocycles. The van der Waals surface area contributed by atoms with Gasteiger partial charge in [-0.05, 0) is 19.1 Å². The summed E-state index contributed by atoms with van der Waals surface area (Å²) in [6.07, 6.45) is 0. The second kappa shape index (κ2) is 2.34. The van der Waals surface area contributed by atoms with Crippen molar-refractivity contribution in [3.63, 3.8) is 0 Å². The molecule has 3 heteroatoms. The van der Waals surface area contributed by atoms with E-state index in [1.54, 1.807) is 11.3 Å².